The molecular weight excluding hydrogens is 238 g/mol. The molecule has 0 amide bonds. The van der Waals surface area contributed by atoms with E-state index in [0.717, 1.165) is 22.5 Å². The third-order valence-electron chi connectivity index (χ3n) is 2.40. The van der Waals surface area contributed by atoms with Crippen molar-refractivity contribution in [2.75, 3.05) is 12.8 Å². The highest BCUT2D eigenvalue weighted by molar-refractivity contribution is 7.13. The standard InChI is InChI=1S/C12H11NO3S/c1-16-8-4-2-3-7(5-8)9-6-17-11(10(9)13)12(14)15/h2-6H,13H2,1H3,(H,14,15). The monoisotopic (exact) mass is 249 g/mol. The molecule has 1 heterocycles. The summed E-state index contributed by atoms with van der Waals surface area (Å²) in [6.45, 7) is 0. The van der Waals surface area contributed by atoms with Crippen LogP contribution in [0.1, 0.15) is 9.67 Å². The fraction of sp³-hybridized carbons (Fsp3) is 0.0833. The van der Waals surface area contributed by atoms with Gasteiger partial charge in [0.2, 0.25) is 0 Å². The Labute approximate surface area is 102 Å². The SMILES string of the molecule is COc1cccc(-c2csc(C(=O)O)c2N)c1. The van der Waals surface area contributed by atoms with Crippen molar-refractivity contribution in [2.24, 2.45) is 0 Å². The van der Waals surface area contributed by atoms with E-state index in [2.05, 4.69) is 0 Å². The second-order valence-electron chi connectivity index (χ2n) is 3.43. The van der Waals surface area contributed by atoms with Gasteiger partial charge >= 0.3 is 5.97 Å². The molecule has 2 aromatic rings. The zero-order valence-electron chi connectivity index (χ0n) is 9.14. The molecule has 0 aliphatic rings. The fourth-order valence-electron chi connectivity index (χ4n) is 1.55. The average molecular weight is 249 g/mol. The largest absolute Gasteiger partial charge is 0.497 e. The minimum atomic E-state index is -0.998. The number of carbonyl (C=O) groups is 1. The van der Waals surface area contributed by atoms with Crippen molar-refractivity contribution in [3.8, 4) is 16.9 Å². The van der Waals surface area contributed by atoms with Gasteiger partial charge in [0.05, 0.1) is 12.8 Å². The van der Waals surface area contributed by atoms with E-state index < -0.39 is 5.97 Å². The first kappa shape index (κ1) is 11.5. The molecule has 0 radical (unpaired) electrons. The Morgan fingerprint density at radius 2 is 2.24 bits per heavy atom. The lowest BCUT2D eigenvalue weighted by Crippen LogP contribution is -1.98. The zero-order chi connectivity index (χ0) is 12.4. The summed E-state index contributed by atoms with van der Waals surface area (Å²) in [7, 11) is 1.58. The summed E-state index contributed by atoms with van der Waals surface area (Å²) in [4.78, 5) is 11.1. The Balaban J connectivity index is 2.49. The first-order valence-corrected chi connectivity index (χ1v) is 5.76. The summed E-state index contributed by atoms with van der Waals surface area (Å²) in [6.07, 6.45) is 0. The summed E-state index contributed by atoms with van der Waals surface area (Å²) in [5, 5.41) is 10.7. The molecule has 5 heteroatoms. The minimum Gasteiger partial charge on any atom is -0.497 e. The van der Waals surface area contributed by atoms with Gasteiger partial charge in [-0.2, -0.15) is 0 Å². The lowest BCUT2D eigenvalue weighted by Gasteiger charge is -2.04. The van der Waals surface area contributed by atoms with E-state index in [0.29, 0.717) is 11.4 Å². The average Bonchev–Trinajstić information content (AvgIpc) is 2.71. The number of methoxy groups -OCH3 is 1. The molecule has 88 valence electrons. The highest BCUT2D eigenvalue weighted by Crippen LogP contribution is 2.35. The van der Waals surface area contributed by atoms with Gasteiger partial charge in [-0.1, -0.05) is 12.1 Å². The first-order chi connectivity index (χ1) is 8.13. The van der Waals surface area contributed by atoms with Crippen LogP contribution in [0.25, 0.3) is 11.1 Å². The van der Waals surface area contributed by atoms with E-state index in [4.69, 9.17) is 15.6 Å². The second-order valence-corrected chi connectivity index (χ2v) is 4.31. The van der Waals surface area contributed by atoms with Crippen LogP contribution in [0, 0.1) is 0 Å². The second kappa shape index (κ2) is 4.47. The predicted molar refractivity (Wildman–Crippen MR) is 67.7 cm³/mol. The van der Waals surface area contributed by atoms with Gasteiger partial charge in [0.15, 0.2) is 0 Å². The smallest absolute Gasteiger partial charge is 0.348 e. The molecule has 0 bridgehead atoms. The number of carboxylic acids is 1. The van der Waals surface area contributed by atoms with E-state index in [9.17, 15) is 4.79 Å². The Bertz CT molecular complexity index is 563. The third kappa shape index (κ3) is 2.09. The lowest BCUT2D eigenvalue weighted by atomic mass is 10.1. The van der Waals surface area contributed by atoms with Crippen molar-refractivity contribution in [3.63, 3.8) is 0 Å². The molecule has 0 spiro atoms. The third-order valence-corrected chi connectivity index (χ3v) is 3.39. The Morgan fingerprint density at radius 1 is 1.47 bits per heavy atom. The number of nitrogens with two attached hydrogens (primary N) is 1. The summed E-state index contributed by atoms with van der Waals surface area (Å²) in [5.41, 5.74) is 7.70. The molecule has 17 heavy (non-hydrogen) atoms. The van der Waals surface area contributed by atoms with Crippen LogP contribution in [-0.2, 0) is 0 Å². The van der Waals surface area contributed by atoms with E-state index in [1.807, 2.05) is 24.3 Å². The number of thiophene rings is 1. The van der Waals surface area contributed by atoms with Gasteiger partial charge in [0.1, 0.15) is 10.6 Å². The fourth-order valence-corrected chi connectivity index (χ4v) is 2.38. The van der Waals surface area contributed by atoms with Gasteiger partial charge in [-0.25, -0.2) is 4.79 Å². The number of aromatic carboxylic acids is 1. The van der Waals surface area contributed by atoms with Gasteiger partial charge in [-0.3, -0.25) is 0 Å². The van der Waals surface area contributed by atoms with Crippen LogP contribution in [-0.4, -0.2) is 18.2 Å². The van der Waals surface area contributed by atoms with Crippen LogP contribution >= 0.6 is 11.3 Å². The minimum absolute atomic E-state index is 0.169. The van der Waals surface area contributed by atoms with Crippen LogP contribution in [0.15, 0.2) is 29.6 Å². The lowest BCUT2D eigenvalue weighted by molar-refractivity contribution is 0.0703. The molecule has 0 atom stereocenters. The van der Waals surface area contributed by atoms with Crippen molar-refractivity contribution < 1.29 is 14.6 Å². The molecule has 0 saturated carbocycles. The zero-order valence-corrected chi connectivity index (χ0v) is 9.95. The molecule has 0 saturated heterocycles. The van der Waals surface area contributed by atoms with Crippen LogP contribution < -0.4 is 10.5 Å². The van der Waals surface area contributed by atoms with Crippen molar-refractivity contribution >= 4 is 23.0 Å². The van der Waals surface area contributed by atoms with Crippen molar-refractivity contribution in [1.82, 2.24) is 0 Å². The molecule has 4 nitrogen and oxygen atoms in total. The van der Waals surface area contributed by atoms with Gasteiger partial charge in [0, 0.05) is 10.9 Å². The Kier molecular flexibility index (Phi) is 3.01. The van der Waals surface area contributed by atoms with Crippen molar-refractivity contribution in [3.05, 3.63) is 34.5 Å². The van der Waals surface area contributed by atoms with E-state index in [-0.39, 0.29) is 4.88 Å². The summed E-state index contributed by atoms with van der Waals surface area (Å²) >= 11 is 1.13. The van der Waals surface area contributed by atoms with Crippen molar-refractivity contribution in [1.29, 1.82) is 0 Å². The molecule has 0 aliphatic heterocycles. The molecule has 0 unspecified atom stereocenters. The quantitative estimate of drug-likeness (QED) is 0.877. The first-order valence-electron chi connectivity index (χ1n) is 4.88. The Hall–Kier alpha value is -2.01. The van der Waals surface area contributed by atoms with Gasteiger partial charge in [-0.15, -0.1) is 11.3 Å². The van der Waals surface area contributed by atoms with E-state index >= 15 is 0 Å². The van der Waals surface area contributed by atoms with Crippen LogP contribution in [0.5, 0.6) is 5.75 Å². The number of hydrogen-bond acceptors (Lipinski definition) is 4. The number of hydrogen-bond donors (Lipinski definition) is 2. The topological polar surface area (TPSA) is 72.5 Å². The highest BCUT2D eigenvalue weighted by atomic mass is 32.1. The van der Waals surface area contributed by atoms with Crippen LogP contribution in [0.3, 0.4) is 0 Å². The predicted octanol–water partition coefficient (Wildman–Crippen LogP) is 2.70. The summed E-state index contributed by atoms with van der Waals surface area (Å²) in [6, 6.07) is 7.35. The number of rotatable bonds is 3. The maximum Gasteiger partial charge on any atom is 0.348 e. The van der Waals surface area contributed by atoms with Gasteiger partial charge in [0.25, 0.3) is 0 Å². The summed E-state index contributed by atoms with van der Waals surface area (Å²) in [5.74, 6) is -0.286. The highest BCUT2D eigenvalue weighted by Gasteiger charge is 2.15. The molecule has 1 aromatic carbocycles. The normalized spacial score (nSPS) is 10.2. The van der Waals surface area contributed by atoms with Crippen molar-refractivity contribution in [2.45, 2.75) is 0 Å². The number of carboxylic acid groups (broad SMARTS) is 1. The van der Waals surface area contributed by atoms with Gasteiger partial charge < -0.3 is 15.6 Å². The Morgan fingerprint density at radius 3 is 2.82 bits per heavy atom. The number of anilines is 1. The number of nitrogen functional groups attached to an aromatic ring is 1. The van der Waals surface area contributed by atoms with Crippen LogP contribution in [0.4, 0.5) is 5.69 Å². The molecule has 0 aliphatic carbocycles. The maximum absolute atomic E-state index is 10.9. The number of ether oxygens (including phenoxy) is 1. The maximum atomic E-state index is 10.9. The molecular formula is C12H11NO3S. The summed E-state index contributed by atoms with van der Waals surface area (Å²) < 4.78 is 5.12. The molecule has 1 aromatic heterocycles. The van der Waals surface area contributed by atoms with Crippen LogP contribution in [0.2, 0.25) is 0 Å². The molecule has 0 fully saturated rings. The van der Waals surface area contributed by atoms with Gasteiger partial charge in [-0.05, 0) is 17.7 Å². The van der Waals surface area contributed by atoms with E-state index in [1.54, 1.807) is 12.5 Å². The molecule has 3 N–H and O–H groups in total. The molecule has 2 rings (SSSR count). The number of benzene rings is 1. The van der Waals surface area contributed by atoms with E-state index in [1.165, 1.54) is 0 Å².